The van der Waals surface area contributed by atoms with Gasteiger partial charge in [0.05, 0.1) is 24.1 Å². The summed E-state index contributed by atoms with van der Waals surface area (Å²) >= 11 is 9.61. The molecule has 0 aliphatic rings. The first kappa shape index (κ1) is 30.9. The SMILES string of the molecule is COc1ccc(N(CCCC(=O)N(Cc2ccc(Br)cc2)C(C)C(=O)NCC(C)C)S(C)(=O)=O)cc1Cl. The van der Waals surface area contributed by atoms with E-state index in [1.54, 1.807) is 19.1 Å². The highest BCUT2D eigenvalue weighted by atomic mass is 79.9. The van der Waals surface area contributed by atoms with Gasteiger partial charge in [0.25, 0.3) is 0 Å². The zero-order valence-electron chi connectivity index (χ0n) is 21.8. The second-order valence-corrected chi connectivity index (χ2v) is 12.5. The number of nitrogens with one attached hydrogen (secondary N) is 1. The maximum absolute atomic E-state index is 13.3. The highest BCUT2D eigenvalue weighted by molar-refractivity contribution is 9.10. The minimum Gasteiger partial charge on any atom is -0.495 e. The maximum atomic E-state index is 13.3. The Labute approximate surface area is 233 Å². The maximum Gasteiger partial charge on any atom is 0.242 e. The van der Waals surface area contributed by atoms with Gasteiger partial charge < -0.3 is 15.0 Å². The molecule has 0 radical (unpaired) electrons. The Morgan fingerprint density at radius 3 is 2.30 bits per heavy atom. The smallest absolute Gasteiger partial charge is 0.242 e. The van der Waals surface area contributed by atoms with Crippen LogP contribution in [0.1, 0.15) is 39.2 Å². The minimum absolute atomic E-state index is 0.0637. The average molecular weight is 617 g/mol. The van der Waals surface area contributed by atoms with Crippen molar-refractivity contribution in [3.8, 4) is 5.75 Å². The Bertz CT molecular complexity index is 1180. The molecule has 8 nitrogen and oxygen atoms in total. The molecule has 1 unspecified atom stereocenters. The fourth-order valence-corrected chi connectivity index (χ4v) is 5.11. The van der Waals surface area contributed by atoms with Gasteiger partial charge in [-0.05, 0) is 55.2 Å². The summed E-state index contributed by atoms with van der Waals surface area (Å²) in [6.45, 7) is 6.55. The number of amides is 2. The first-order valence-corrected chi connectivity index (χ1v) is 15.0. The van der Waals surface area contributed by atoms with Crippen molar-refractivity contribution in [2.45, 2.75) is 46.2 Å². The van der Waals surface area contributed by atoms with Gasteiger partial charge in [-0.25, -0.2) is 8.42 Å². The molecule has 0 heterocycles. The second-order valence-electron chi connectivity index (χ2n) is 9.22. The lowest BCUT2D eigenvalue weighted by molar-refractivity contribution is -0.140. The van der Waals surface area contributed by atoms with Crippen LogP contribution in [0.25, 0.3) is 0 Å². The van der Waals surface area contributed by atoms with E-state index in [4.69, 9.17) is 16.3 Å². The number of carbonyl (C=O) groups is 2. The molecule has 0 spiro atoms. The van der Waals surface area contributed by atoms with E-state index in [-0.39, 0.29) is 48.7 Å². The molecule has 2 aromatic carbocycles. The van der Waals surface area contributed by atoms with Crippen LogP contribution in [0.5, 0.6) is 5.75 Å². The highest BCUT2D eigenvalue weighted by Gasteiger charge is 2.27. The van der Waals surface area contributed by atoms with E-state index >= 15 is 0 Å². The number of sulfonamides is 1. The number of halogens is 2. The third-order valence-corrected chi connectivity index (χ3v) is 7.71. The molecule has 37 heavy (non-hydrogen) atoms. The van der Waals surface area contributed by atoms with Crippen LogP contribution in [0.4, 0.5) is 5.69 Å². The summed E-state index contributed by atoms with van der Waals surface area (Å²) in [6, 6.07) is 11.6. The van der Waals surface area contributed by atoms with E-state index in [1.807, 2.05) is 38.1 Å². The number of benzene rings is 2. The normalized spacial score (nSPS) is 12.2. The van der Waals surface area contributed by atoms with Crippen LogP contribution >= 0.6 is 27.5 Å². The highest BCUT2D eigenvalue weighted by Crippen LogP contribution is 2.30. The van der Waals surface area contributed by atoms with Gasteiger partial charge >= 0.3 is 0 Å². The first-order valence-electron chi connectivity index (χ1n) is 12.0. The number of rotatable bonds is 13. The van der Waals surface area contributed by atoms with Crippen LogP contribution in [0.3, 0.4) is 0 Å². The zero-order valence-corrected chi connectivity index (χ0v) is 25.0. The number of carbonyl (C=O) groups excluding carboxylic acids is 2. The standard InChI is InChI=1S/C26H35BrClN3O5S/c1-18(2)16-29-26(33)19(3)30(17-20-8-10-21(27)11-9-20)25(32)7-6-14-31(37(5,34)35)22-12-13-24(36-4)23(28)15-22/h8-13,15,18-19H,6-7,14,16-17H2,1-5H3,(H,29,33). The summed E-state index contributed by atoms with van der Waals surface area (Å²) in [5, 5.41) is 3.18. The topological polar surface area (TPSA) is 96.0 Å². The molecule has 2 amide bonds. The van der Waals surface area contributed by atoms with Crippen LogP contribution in [-0.2, 0) is 26.2 Å². The Morgan fingerprint density at radius 1 is 1.11 bits per heavy atom. The average Bonchev–Trinajstić information content (AvgIpc) is 2.83. The summed E-state index contributed by atoms with van der Waals surface area (Å²) in [5.41, 5.74) is 1.26. The molecular formula is C26H35BrClN3O5S. The molecule has 2 aromatic rings. The van der Waals surface area contributed by atoms with E-state index in [0.717, 1.165) is 16.3 Å². The van der Waals surface area contributed by atoms with Gasteiger partial charge in [-0.2, -0.15) is 0 Å². The van der Waals surface area contributed by atoms with Gasteiger partial charge in [-0.1, -0.05) is 53.5 Å². The molecule has 0 bridgehead atoms. The minimum atomic E-state index is -3.63. The van der Waals surface area contributed by atoms with E-state index in [1.165, 1.54) is 22.4 Å². The fraction of sp³-hybridized carbons (Fsp3) is 0.462. The van der Waals surface area contributed by atoms with Crippen LogP contribution in [-0.4, -0.2) is 57.6 Å². The number of hydrogen-bond acceptors (Lipinski definition) is 5. The van der Waals surface area contributed by atoms with Gasteiger partial charge in [-0.3, -0.25) is 13.9 Å². The largest absolute Gasteiger partial charge is 0.495 e. The van der Waals surface area contributed by atoms with Crippen molar-refractivity contribution in [2.75, 3.05) is 30.8 Å². The third-order valence-electron chi connectivity index (χ3n) is 5.69. The van der Waals surface area contributed by atoms with Crippen molar-refractivity contribution in [3.05, 3.63) is 57.5 Å². The van der Waals surface area contributed by atoms with Gasteiger partial charge in [0.1, 0.15) is 11.8 Å². The molecule has 11 heteroatoms. The van der Waals surface area contributed by atoms with E-state index < -0.39 is 16.1 Å². The summed E-state index contributed by atoms with van der Waals surface area (Å²) in [5.74, 6) is 0.240. The number of nitrogens with zero attached hydrogens (tertiary/aromatic N) is 2. The summed E-state index contributed by atoms with van der Waals surface area (Å²) in [7, 11) is -2.15. The van der Waals surface area contributed by atoms with Gasteiger partial charge in [0.2, 0.25) is 21.8 Å². The molecule has 0 aliphatic carbocycles. The lowest BCUT2D eigenvalue weighted by Gasteiger charge is -2.29. The lowest BCUT2D eigenvalue weighted by atomic mass is 10.1. The predicted octanol–water partition coefficient (Wildman–Crippen LogP) is 4.85. The second kappa shape index (κ2) is 14.0. The lowest BCUT2D eigenvalue weighted by Crippen LogP contribution is -2.48. The van der Waals surface area contributed by atoms with Crippen molar-refractivity contribution in [3.63, 3.8) is 0 Å². The number of hydrogen-bond donors (Lipinski definition) is 1. The zero-order chi connectivity index (χ0) is 27.8. The predicted molar refractivity (Wildman–Crippen MR) is 151 cm³/mol. The molecule has 0 aromatic heterocycles. The van der Waals surface area contributed by atoms with Crippen molar-refractivity contribution in [1.82, 2.24) is 10.2 Å². The Balaban J connectivity index is 2.17. The Hall–Kier alpha value is -2.30. The molecule has 0 saturated heterocycles. The Kier molecular flexibility index (Phi) is 11.7. The summed E-state index contributed by atoms with van der Waals surface area (Å²) in [4.78, 5) is 27.7. The molecule has 0 aliphatic heterocycles. The quantitative estimate of drug-likeness (QED) is 0.347. The third kappa shape index (κ3) is 9.50. The Morgan fingerprint density at radius 2 is 1.76 bits per heavy atom. The van der Waals surface area contributed by atoms with Crippen LogP contribution in [0.2, 0.25) is 5.02 Å². The molecule has 0 saturated carbocycles. The summed E-state index contributed by atoms with van der Waals surface area (Å²) < 4.78 is 32.3. The van der Waals surface area contributed by atoms with E-state index in [0.29, 0.717) is 18.0 Å². The molecular weight excluding hydrogens is 582 g/mol. The number of ether oxygens (including phenoxy) is 1. The van der Waals surface area contributed by atoms with Gasteiger partial charge in [0.15, 0.2) is 0 Å². The fourth-order valence-electron chi connectivity index (χ4n) is 3.64. The molecule has 1 N–H and O–H groups in total. The first-order chi connectivity index (χ1) is 17.3. The van der Waals surface area contributed by atoms with Crippen LogP contribution in [0.15, 0.2) is 46.9 Å². The monoisotopic (exact) mass is 615 g/mol. The molecule has 2 rings (SSSR count). The number of methoxy groups -OCH3 is 1. The molecule has 1 atom stereocenters. The van der Waals surface area contributed by atoms with E-state index in [9.17, 15) is 18.0 Å². The van der Waals surface area contributed by atoms with Crippen molar-refractivity contribution < 1.29 is 22.7 Å². The summed E-state index contributed by atoms with van der Waals surface area (Å²) in [6.07, 6.45) is 1.43. The van der Waals surface area contributed by atoms with Gasteiger partial charge in [-0.15, -0.1) is 0 Å². The van der Waals surface area contributed by atoms with Crippen molar-refractivity contribution in [2.24, 2.45) is 5.92 Å². The van der Waals surface area contributed by atoms with Crippen molar-refractivity contribution >= 4 is 55.1 Å². The molecule has 204 valence electrons. The van der Waals surface area contributed by atoms with Crippen molar-refractivity contribution in [1.29, 1.82) is 0 Å². The van der Waals surface area contributed by atoms with Gasteiger partial charge in [0, 0.05) is 30.5 Å². The van der Waals surface area contributed by atoms with E-state index in [2.05, 4.69) is 21.2 Å². The van der Waals surface area contributed by atoms with Crippen LogP contribution < -0.4 is 14.4 Å². The van der Waals surface area contributed by atoms with Crippen LogP contribution in [0, 0.1) is 5.92 Å². The number of anilines is 1. The molecule has 0 fully saturated rings.